The van der Waals surface area contributed by atoms with Gasteiger partial charge in [0.15, 0.2) is 0 Å². The van der Waals surface area contributed by atoms with Crippen molar-refractivity contribution in [1.82, 2.24) is 14.7 Å². The van der Waals surface area contributed by atoms with E-state index in [1.165, 1.54) is 12.8 Å². The van der Waals surface area contributed by atoms with Crippen LogP contribution in [0, 0.1) is 0 Å². The molecule has 5 nitrogen and oxygen atoms in total. The van der Waals surface area contributed by atoms with Crippen molar-refractivity contribution in [3.8, 4) is 0 Å². The molecule has 2 aliphatic rings. The summed E-state index contributed by atoms with van der Waals surface area (Å²) in [6.07, 6.45) is 2.66. The number of nitrogens with two attached hydrogens (primary N) is 1. The lowest BCUT2D eigenvalue weighted by molar-refractivity contribution is -0.133. The largest absolute Gasteiger partial charge is 0.339 e. The summed E-state index contributed by atoms with van der Waals surface area (Å²) in [6.45, 7) is 12.3. The highest BCUT2D eigenvalue weighted by atomic mass is 16.2. The van der Waals surface area contributed by atoms with Crippen LogP contribution in [0.3, 0.4) is 0 Å². The second-order valence-corrected chi connectivity index (χ2v) is 6.47. The molecule has 2 fully saturated rings. The van der Waals surface area contributed by atoms with E-state index >= 15 is 0 Å². The maximum absolute atomic E-state index is 11.8. The lowest BCUT2D eigenvalue weighted by Gasteiger charge is -2.37. The molecule has 20 heavy (non-hydrogen) atoms. The highest BCUT2D eigenvalue weighted by Crippen LogP contribution is 2.22. The van der Waals surface area contributed by atoms with E-state index in [2.05, 4.69) is 23.6 Å². The van der Waals surface area contributed by atoms with E-state index in [9.17, 15) is 4.79 Å². The highest BCUT2D eigenvalue weighted by Gasteiger charge is 2.28. The fourth-order valence-electron chi connectivity index (χ4n) is 3.43. The average Bonchev–Trinajstić information content (AvgIpc) is 2.75. The molecule has 0 unspecified atom stereocenters. The van der Waals surface area contributed by atoms with Crippen molar-refractivity contribution in [3.05, 3.63) is 0 Å². The molecule has 0 aliphatic carbocycles. The Labute approximate surface area is 123 Å². The van der Waals surface area contributed by atoms with Gasteiger partial charge in [0.1, 0.15) is 0 Å². The minimum atomic E-state index is -0.368. The van der Waals surface area contributed by atoms with E-state index in [0.29, 0.717) is 0 Å². The first-order valence-electron chi connectivity index (χ1n) is 8.01. The van der Waals surface area contributed by atoms with Crippen LogP contribution < -0.4 is 5.73 Å². The quantitative estimate of drug-likeness (QED) is 0.808. The number of likely N-dealkylation sites (tertiary alicyclic amines) is 1. The van der Waals surface area contributed by atoms with Crippen LogP contribution in [0.15, 0.2) is 0 Å². The second-order valence-electron chi connectivity index (χ2n) is 6.47. The van der Waals surface area contributed by atoms with Crippen LogP contribution in [-0.4, -0.2) is 78.0 Å². The van der Waals surface area contributed by atoms with Gasteiger partial charge in [0, 0.05) is 51.4 Å². The highest BCUT2D eigenvalue weighted by molar-refractivity contribution is 5.81. The van der Waals surface area contributed by atoms with Crippen LogP contribution in [0.2, 0.25) is 0 Å². The van der Waals surface area contributed by atoms with Crippen molar-refractivity contribution >= 4 is 5.91 Å². The molecule has 0 spiro atoms. The number of hydrogen-bond donors (Lipinski definition) is 1. The molecule has 2 heterocycles. The van der Waals surface area contributed by atoms with Gasteiger partial charge in [0.25, 0.3) is 0 Å². The van der Waals surface area contributed by atoms with Crippen molar-refractivity contribution in [2.75, 3.05) is 39.3 Å². The van der Waals surface area contributed by atoms with Crippen molar-refractivity contribution in [2.45, 2.75) is 51.7 Å². The fraction of sp³-hybridized carbons (Fsp3) is 0.933. The number of hydrogen-bond acceptors (Lipinski definition) is 4. The van der Waals surface area contributed by atoms with Gasteiger partial charge in [-0.05, 0) is 33.6 Å². The topological polar surface area (TPSA) is 52.8 Å². The molecular formula is C15H30N4O. The Morgan fingerprint density at radius 1 is 1.10 bits per heavy atom. The van der Waals surface area contributed by atoms with Gasteiger partial charge < -0.3 is 10.6 Å². The Morgan fingerprint density at radius 2 is 1.65 bits per heavy atom. The molecule has 0 aromatic heterocycles. The summed E-state index contributed by atoms with van der Waals surface area (Å²) in [5.41, 5.74) is 5.66. The smallest absolute Gasteiger partial charge is 0.239 e. The summed E-state index contributed by atoms with van der Waals surface area (Å²) < 4.78 is 0. The lowest BCUT2D eigenvalue weighted by Crippen LogP contribution is -2.53. The monoisotopic (exact) mass is 282 g/mol. The van der Waals surface area contributed by atoms with Crippen LogP contribution in [0.4, 0.5) is 0 Å². The van der Waals surface area contributed by atoms with Crippen molar-refractivity contribution in [3.63, 3.8) is 0 Å². The zero-order chi connectivity index (χ0) is 14.7. The molecule has 0 aromatic carbocycles. The van der Waals surface area contributed by atoms with Gasteiger partial charge in [0.05, 0.1) is 6.04 Å². The van der Waals surface area contributed by atoms with E-state index in [0.717, 1.165) is 51.4 Å². The maximum atomic E-state index is 11.8. The van der Waals surface area contributed by atoms with Gasteiger partial charge in [-0.2, -0.15) is 0 Å². The average molecular weight is 282 g/mol. The SMILES string of the molecule is C[C@@H](N)C(=O)N1CCN(CCN2[C@@H](C)CC[C@@H]2C)CC1. The first kappa shape index (κ1) is 15.7. The molecule has 1 amide bonds. The Kier molecular flexibility index (Phi) is 5.41. The minimum absolute atomic E-state index is 0.0893. The van der Waals surface area contributed by atoms with E-state index in [1.54, 1.807) is 6.92 Å². The predicted octanol–water partition coefficient (Wildman–Crippen LogP) is 0.351. The van der Waals surface area contributed by atoms with Crippen LogP contribution in [0.25, 0.3) is 0 Å². The summed E-state index contributed by atoms with van der Waals surface area (Å²) >= 11 is 0. The first-order valence-corrected chi connectivity index (χ1v) is 8.01. The molecular weight excluding hydrogens is 252 g/mol. The molecule has 3 atom stereocenters. The van der Waals surface area contributed by atoms with Crippen LogP contribution in [0.1, 0.15) is 33.6 Å². The summed E-state index contributed by atoms with van der Waals surface area (Å²) in [6, 6.07) is 1.09. The van der Waals surface area contributed by atoms with Crippen molar-refractivity contribution in [1.29, 1.82) is 0 Å². The molecule has 0 bridgehead atoms. The van der Waals surface area contributed by atoms with Gasteiger partial charge >= 0.3 is 0 Å². The van der Waals surface area contributed by atoms with Crippen LogP contribution in [-0.2, 0) is 4.79 Å². The van der Waals surface area contributed by atoms with Gasteiger partial charge in [0.2, 0.25) is 5.91 Å². The van der Waals surface area contributed by atoms with E-state index in [-0.39, 0.29) is 11.9 Å². The summed E-state index contributed by atoms with van der Waals surface area (Å²) in [5.74, 6) is 0.0893. The molecule has 0 radical (unpaired) electrons. The molecule has 2 N–H and O–H groups in total. The Bertz CT molecular complexity index is 316. The number of carbonyl (C=O) groups excluding carboxylic acids is 1. The zero-order valence-electron chi connectivity index (χ0n) is 13.2. The van der Waals surface area contributed by atoms with Crippen molar-refractivity contribution < 1.29 is 4.79 Å². The minimum Gasteiger partial charge on any atom is -0.339 e. The van der Waals surface area contributed by atoms with Crippen LogP contribution >= 0.6 is 0 Å². The Balaban J connectivity index is 1.71. The molecule has 5 heteroatoms. The third-order valence-corrected chi connectivity index (χ3v) is 4.88. The summed E-state index contributed by atoms with van der Waals surface area (Å²) in [5, 5.41) is 0. The molecule has 0 saturated carbocycles. The third kappa shape index (κ3) is 3.71. The van der Waals surface area contributed by atoms with Crippen LogP contribution in [0.5, 0.6) is 0 Å². The van der Waals surface area contributed by atoms with Gasteiger partial charge in [-0.3, -0.25) is 14.6 Å². The number of carbonyl (C=O) groups is 1. The first-order chi connectivity index (χ1) is 9.49. The molecule has 2 aliphatic heterocycles. The normalized spacial score (nSPS) is 30.7. The zero-order valence-corrected chi connectivity index (χ0v) is 13.2. The number of nitrogens with zero attached hydrogens (tertiary/aromatic N) is 3. The second kappa shape index (κ2) is 6.87. The predicted molar refractivity (Wildman–Crippen MR) is 81.5 cm³/mol. The maximum Gasteiger partial charge on any atom is 0.239 e. The summed E-state index contributed by atoms with van der Waals surface area (Å²) in [7, 11) is 0. The van der Waals surface area contributed by atoms with E-state index in [4.69, 9.17) is 5.73 Å². The Hall–Kier alpha value is -0.650. The van der Waals surface area contributed by atoms with E-state index in [1.807, 2.05) is 4.90 Å². The fourth-order valence-corrected chi connectivity index (χ4v) is 3.43. The standard InChI is InChI=1S/C15H30N4O/c1-12-4-5-13(2)19(12)11-8-17-6-9-18(10-7-17)15(20)14(3)16/h12-14H,4-11,16H2,1-3H3/t12-,13-,14+/m0/s1. The summed E-state index contributed by atoms with van der Waals surface area (Å²) in [4.78, 5) is 18.8. The third-order valence-electron chi connectivity index (χ3n) is 4.88. The number of rotatable bonds is 4. The van der Waals surface area contributed by atoms with Gasteiger partial charge in [-0.25, -0.2) is 0 Å². The number of amides is 1. The molecule has 2 rings (SSSR count). The van der Waals surface area contributed by atoms with Crippen molar-refractivity contribution in [2.24, 2.45) is 5.73 Å². The Morgan fingerprint density at radius 3 is 2.15 bits per heavy atom. The molecule has 116 valence electrons. The molecule has 0 aromatic rings. The van der Waals surface area contributed by atoms with E-state index < -0.39 is 0 Å². The lowest BCUT2D eigenvalue weighted by atomic mass is 10.2. The number of piperazine rings is 1. The van der Waals surface area contributed by atoms with Gasteiger partial charge in [-0.1, -0.05) is 0 Å². The molecule has 2 saturated heterocycles. The van der Waals surface area contributed by atoms with Gasteiger partial charge in [-0.15, -0.1) is 0 Å².